The second-order valence-corrected chi connectivity index (χ2v) is 2.75. The van der Waals surface area contributed by atoms with Gasteiger partial charge in [0.25, 0.3) is 0 Å². The van der Waals surface area contributed by atoms with Gasteiger partial charge in [-0.2, -0.15) is 0 Å². The van der Waals surface area contributed by atoms with Gasteiger partial charge in [0, 0.05) is 0 Å². The Labute approximate surface area is 70.3 Å². The van der Waals surface area contributed by atoms with Crippen molar-refractivity contribution in [1.82, 2.24) is 0 Å². The van der Waals surface area contributed by atoms with E-state index in [0.717, 1.165) is 31.0 Å². The van der Waals surface area contributed by atoms with Crippen molar-refractivity contribution in [1.29, 1.82) is 0 Å². The molecular formula is C7H12NO4-. The molecule has 0 heterocycles. The molecule has 0 atom stereocenters. The molecule has 0 bridgehead atoms. The molecule has 1 N–H and O–H groups in total. The minimum Gasteiger partial charge on any atom is -0.481 e. The summed E-state index contributed by atoms with van der Waals surface area (Å²) in [5.74, 6) is -0.631. The lowest BCUT2D eigenvalue weighted by Crippen LogP contribution is -2.16. The van der Waals surface area contributed by atoms with Crippen LogP contribution in [0.15, 0.2) is 5.34 Å². The van der Waals surface area contributed by atoms with Crippen LogP contribution in [0.1, 0.15) is 32.1 Å². The molecule has 0 amide bonds. The molecule has 1 aliphatic rings. The summed E-state index contributed by atoms with van der Waals surface area (Å²) in [7, 11) is 0. The fourth-order valence-corrected chi connectivity index (χ4v) is 1.35. The third-order valence-electron chi connectivity index (χ3n) is 1.95. The normalized spacial score (nSPS) is 17.3. The van der Waals surface area contributed by atoms with Crippen molar-refractivity contribution in [3.63, 3.8) is 0 Å². The summed E-state index contributed by atoms with van der Waals surface area (Å²) in [6.07, 6.45) is 5.24. The topological polar surface area (TPSA) is 89.8 Å². The zero-order chi connectivity index (χ0) is 9.40. The number of carbonyl (C=O) groups is 1. The van der Waals surface area contributed by atoms with Gasteiger partial charge in [0.05, 0.1) is 5.92 Å². The first-order valence-electron chi connectivity index (χ1n) is 3.90. The second-order valence-electron chi connectivity index (χ2n) is 2.75. The van der Waals surface area contributed by atoms with Gasteiger partial charge in [-0.05, 0) is 12.8 Å². The summed E-state index contributed by atoms with van der Waals surface area (Å²) in [6.45, 7) is 0. The number of hydrogen-bond acceptors (Lipinski definition) is 4. The molecule has 1 aliphatic carbocycles. The predicted molar refractivity (Wildman–Crippen MR) is 43.4 cm³/mol. The molecule has 0 unspecified atom stereocenters. The lowest BCUT2D eigenvalue weighted by atomic mass is 9.90. The van der Waals surface area contributed by atoms with Gasteiger partial charge in [-0.25, -0.2) is 0 Å². The Morgan fingerprint density at radius 2 is 1.75 bits per heavy atom. The van der Waals surface area contributed by atoms with Gasteiger partial charge in [-0.15, -0.1) is 5.34 Å². The van der Waals surface area contributed by atoms with Gasteiger partial charge in [-0.3, -0.25) is 4.79 Å². The third-order valence-corrected chi connectivity index (χ3v) is 1.95. The van der Waals surface area contributed by atoms with Crippen molar-refractivity contribution in [2.75, 3.05) is 0 Å². The smallest absolute Gasteiger partial charge is 0.306 e. The van der Waals surface area contributed by atoms with Gasteiger partial charge >= 0.3 is 5.97 Å². The fraction of sp³-hybridized carbons (Fsp3) is 0.857. The molecule has 0 saturated heterocycles. The first-order valence-corrected chi connectivity index (χ1v) is 3.90. The Morgan fingerprint density at radius 1 is 1.33 bits per heavy atom. The molecule has 5 nitrogen and oxygen atoms in total. The maximum atomic E-state index is 10.4. The Hall–Kier alpha value is -1.13. The van der Waals surface area contributed by atoms with E-state index in [1.165, 1.54) is 6.42 Å². The first-order chi connectivity index (χ1) is 5.72. The van der Waals surface area contributed by atoms with Crippen molar-refractivity contribution in [2.24, 2.45) is 11.3 Å². The monoisotopic (exact) mass is 174 g/mol. The largest absolute Gasteiger partial charge is 0.481 e. The van der Waals surface area contributed by atoms with Gasteiger partial charge in [0.15, 0.2) is 0 Å². The quantitative estimate of drug-likeness (QED) is 0.485. The number of rotatable bonds is 1. The number of nitrogens with zero attached hydrogens (tertiary/aromatic N) is 1. The Balaban J connectivity index is 0.000000354. The zero-order valence-electron chi connectivity index (χ0n) is 6.73. The van der Waals surface area contributed by atoms with Gasteiger partial charge < -0.3 is 15.2 Å². The summed E-state index contributed by atoms with van der Waals surface area (Å²) in [5.41, 5.74) is 0. The highest BCUT2D eigenvalue weighted by atomic mass is 16.6. The van der Waals surface area contributed by atoms with E-state index >= 15 is 0 Å². The molecule has 1 rings (SSSR count). The maximum Gasteiger partial charge on any atom is 0.306 e. The van der Waals surface area contributed by atoms with Crippen molar-refractivity contribution >= 4 is 5.97 Å². The summed E-state index contributed by atoms with van der Waals surface area (Å²) >= 11 is 0. The van der Waals surface area contributed by atoms with Gasteiger partial charge in [0.2, 0.25) is 0 Å². The Bertz CT molecular complexity index is 142. The molecule has 0 aromatic rings. The highest BCUT2D eigenvalue weighted by molar-refractivity contribution is 5.69. The van der Waals surface area contributed by atoms with Crippen molar-refractivity contribution in [3.05, 3.63) is 10.1 Å². The molecule has 0 spiro atoms. The van der Waals surface area contributed by atoms with Crippen LogP contribution < -0.4 is 0 Å². The van der Waals surface area contributed by atoms with Crippen molar-refractivity contribution in [3.8, 4) is 0 Å². The van der Waals surface area contributed by atoms with E-state index < -0.39 is 5.97 Å². The lowest BCUT2D eigenvalue weighted by molar-refractivity contribution is -0.142. The van der Waals surface area contributed by atoms with Crippen LogP contribution in [-0.4, -0.2) is 11.1 Å². The minimum absolute atomic E-state index is 0.0289. The molecule has 5 heteroatoms. The third kappa shape index (κ3) is 4.65. The average Bonchev–Trinajstić information content (AvgIpc) is 2.07. The van der Waals surface area contributed by atoms with E-state index in [-0.39, 0.29) is 5.92 Å². The SMILES string of the molecule is O=C(O)C1CCCCC1.O=N[O-]. The Morgan fingerprint density at radius 3 is 2.00 bits per heavy atom. The van der Waals surface area contributed by atoms with E-state index in [1.54, 1.807) is 0 Å². The molecular weight excluding hydrogens is 162 g/mol. The summed E-state index contributed by atoms with van der Waals surface area (Å²) in [5, 5.41) is 17.5. The number of hydrogen-bond donors (Lipinski definition) is 1. The lowest BCUT2D eigenvalue weighted by Gasteiger charge is -2.16. The molecule has 0 aromatic heterocycles. The highest BCUT2D eigenvalue weighted by Gasteiger charge is 2.19. The van der Waals surface area contributed by atoms with Gasteiger partial charge in [0.1, 0.15) is 0 Å². The van der Waals surface area contributed by atoms with Crippen LogP contribution in [0, 0.1) is 16.0 Å². The van der Waals surface area contributed by atoms with Crippen LogP contribution in [0.4, 0.5) is 0 Å². The molecule has 1 fully saturated rings. The average molecular weight is 174 g/mol. The van der Waals surface area contributed by atoms with Crippen LogP contribution in [-0.2, 0) is 4.79 Å². The van der Waals surface area contributed by atoms with Crippen molar-refractivity contribution in [2.45, 2.75) is 32.1 Å². The highest BCUT2D eigenvalue weighted by Crippen LogP contribution is 2.23. The second kappa shape index (κ2) is 6.57. The van der Waals surface area contributed by atoms with Crippen LogP contribution in [0.3, 0.4) is 0 Å². The standard InChI is InChI=1S/C7H12O2.HNO2/c8-7(9)6-4-2-1-3-5-6;2-1-3/h6H,1-5H2,(H,8,9);(H,2,3)/p-1. The van der Waals surface area contributed by atoms with E-state index in [0.29, 0.717) is 0 Å². The summed E-state index contributed by atoms with van der Waals surface area (Å²) in [6, 6.07) is 0. The number of carboxylic acid groups (broad SMARTS) is 1. The van der Waals surface area contributed by atoms with Crippen LogP contribution in [0.5, 0.6) is 0 Å². The number of carboxylic acids is 1. The summed E-state index contributed by atoms with van der Waals surface area (Å²) in [4.78, 5) is 18.4. The minimum atomic E-state index is -0.602. The van der Waals surface area contributed by atoms with E-state index in [4.69, 9.17) is 15.2 Å². The Kier molecular flexibility index (Phi) is 5.95. The molecule has 0 aliphatic heterocycles. The van der Waals surface area contributed by atoms with E-state index in [2.05, 4.69) is 0 Å². The van der Waals surface area contributed by atoms with E-state index in [1.807, 2.05) is 0 Å². The van der Waals surface area contributed by atoms with E-state index in [9.17, 15) is 4.79 Å². The first kappa shape index (κ1) is 10.9. The van der Waals surface area contributed by atoms with Crippen LogP contribution >= 0.6 is 0 Å². The maximum absolute atomic E-state index is 10.4. The molecule has 12 heavy (non-hydrogen) atoms. The molecule has 1 saturated carbocycles. The van der Waals surface area contributed by atoms with Gasteiger partial charge in [-0.1, -0.05) is 19.3 Å². The number of aliphatic carboxylic acids is 1. The molecule has 70 valence electrons. The predicted octanol–water partition coefficient (Wildman–Crippen LogP) is 1.90. The molecule has 0 radical (unpaired) electrons. The molecule has 0 aromatic carbocycles. The summed E-state index contributed by atoms with van der Waals surface area (Å²) < 4.78 is 0. The van der Waals surface area contributed by atoms with Crippen molar-refractivity contribution < 1.29 is 9.90 Å². The van der Waals surface area contributed by atoms with Crippen LogP contribution in [0.25, 0.3) is 0 Å². The fourth-order valence-electron chi connectivity index (χ4n) is 1.35. The zero-order valence-corrected chi connectivity index (χ0v) is 6.73. The van der Waals surface area contributed by atoms with Crippen LogP contribution in [0.2, 0.25) is 0 Å².